The summed E-state index contributed by atoms with van der Waals surface area (Å²) in [5.74, 6) is -0.551. The Balaban J connectivity index is 1.74. The number of hydrogen-bond donors (Lipinski definition) is 2. The number of sulfonamides is 1. The van der Waals surface area contributed by atoms with Crippen molar-refractivity contribution in [2.45, 2.75) is 49.5 Å². The van der Waals surface area contributed by atoms with Crippen molar-refractivity contribution in [1.82, 2.24) is 14.9 Å². The van der Waals surface area contributed by atoms with Gasteiger partial charge in [0.15, 0.2) is 0 Å². The first-order chi connectivity index (χ1) is 12.8. The first-order valence-electron chi connectivity index (χ1n) is 9.07. The second kappa shape index (κ2) is 10.1. The Morgan fingerprint density at radius 3 is 2.37 bits per heavy atom. The van der Waals surface area contributed by atoms with Crippen molar-refractivity contribution in [2.75, 3.05) is 20.1 Å². The van der Waals surface area contributed by atoms with Gasteiger partial charge in [-0.2, -0.15) is 4.31 Å². The van der Waals surface area contributed by atoms with Crippen molar-refractivity contribution >= 4 is 33.4 Å². The van der Waals surface area contributed by atoms with Gasteiger partial charge in [0, 0.05) is 31.1 Å². The van der Waals surface area contributed by atoms with Crippen LogP contribution in [0.2, 0.25) is 5.02 Å². The molecule has 7 nitrogen and oxygen atoms in total. The number of halogens is 1. The van der Waals surface area contributed by atoms with E-state index in [9.17, 15) is 18.0 Å². The highest BCUT2D eigenvalue weighted by Gasteiger charge is 2.23. The van der Waals surface area contributed by atoms with Crippen LogP contribution in [0.4, 0.5) is 0 Å². The third kappa shape index (κ3) is 6.79. The molecule has 0 bridgehead atoms. The Kier molecular flexibility index (Phi) is 8.07. The quantitative estimate of drug-likeness (QED) is 0.678. The molecule has 0 aliphatic heterocycles. The molecule has 1 aromatic rings. The molecule has 0 heterocycles. The van der Waals surface area contributed by atoms with Gasteiger partial charge in [-0.15, -0.1) is 0 Å². The minimum Gasteiger partial charge on any atom is -0.354 e. The molecule has 27 heavy (non-hydrogen) atoms. The van der Waals surface area contributed by atoms with Crippen LogP contribution in [-0.4, -0.2) is 50.7 Å². The number of nitrogens with one attached hydrogen (secondary N) is 2. The lowest BCUT2D eigenvalue weighted by Gasteiger charge is -2.22. The number of nitrogens with zero attached hydrogens (tertiary/aromatic N) is 1. The van der Waals surface area contributed by atoms with Gasteiger partial charge in [0.2, 0.25) is 21.8 Å². The van der Waals surface area contributed by atoms with Crippen molar-refractivity contribution in [3.8, 4) is 0 Å². The number of amides is 2. The SMILES string of the molecule is CN(CC(=O)NCCC(=O)NC1CCCCC1)S(=O)(=O)c1ccc(Cl)cc1. The van der Waals surface area contributed by atoms with Gasteiger partial charge >= 0.3 is 0 Å². The summed E-state index contributed by atoms with van der Waals surface area (Å²) in [5.41, 5.74) is 0. The van der Waals surface area contributed by atoms with Gasteiger partial charge in [0.25, 0.3) is 0 Å². The molecule has 9 heteroatoms. The molecule has 0 spiro atoms. The van der Waals surface area contributed by atoms with E-state index in [1.165, 1.54) is 37.7 Å². The standard InChI is InChI=1S/C18H26ClN3O4S/c1-22(27(25,26)16-9-7-14(19)8-10-16)13-18(24)20-12-11-17(23)21-15-5-3-2-4-6-15/h7-10,15H,2-6,11-13H2,1H3,(H,20,24)(H,21,23). The predicted molar refractivity (Wildman–Crippen MR) is 104 cm³/mol. The lowest BCUT2D eigenvalue weighted by Crippen LogP contribution is -2.41. The number of carbonyl (C=O) groups excluding carboxylic acids is 2. The van der Waals surface area contributed by atoms with Crippen LogP contribution in [0.1, 0.15) is 38.5 Å². The number of carbonyl (C=O) groups is 2. The number of benzene rings is 1. The fourth-order valence-electron chi connectivity index (χ4n) is 2.99. The third-order valence-electron chi connectivity index (χ3n) is 4.53. The number of hydrogen-bond acceptors (Lipinski definition) is 4. The van der Waals surface area contributed by atoms with E-state index in [4.69, 9.17) is 11.6 Å². The number of likely N-dealkylation sites (N-methyl/N-ethyl adjacent to an activating group) is 1. The summed E-state index contributed by atoms with van der Waals surface area (Å²) in [6, 6.07) is 5.97. The minimum atomic E-state index is -3.78. The first kappa shape index (κ1) is 21.7. The van der Waals surface area contributed by atoms with E-state index in [1.54, 1.807) is 0 Å². The summed E-state index contributed by atoms with van der Waals surface area (Å²) in [6.45, 7) is -0.151. The van der Waals surface area contributed by atoms with Crippen LogP contribution in [0.3, 0.4) is 0 Å². The van der Waals surface area contributed by atoms with Crippen molar-refractivity contribution in [2.24, 2.45) is 0 Å². The Labute approximate surface area is 165 Å². The second-order valence-corrected chi connectivity index (χ2v) is 9.20. The molecule has 1 aromatic carbocycles. The molecule has 2 amide bonds. The maximum Gasteiger partial charge on any atom is 0.243 e. The lowest BCUT2D eigenvalue weighted by atomic mass is 9.95. The zero-order chi connectivity index (χ0) is 19.9. The summed E-state index contributed by atoms with van der Waals surface area (Å²) in [7, 11) is -2.44. The topological polar surface area (TPSA) is 95.6 Å². The van der Waals surface area contributed by atoms with E-state index in [0.717, 1.165) is 30.0 Å². The van der Waals surface area contributed by atoms with E-state index < -0.39 is 15.9 Å². The maximum atomic E-state index is 12.4. The van der Waals surface area contributed by atoms with Crippen LogP contribution in [0.25, 0.3) is 0 Å². The molecule has 1 saturated carbocycles. The zero-order valence-corrected chi connectivity index (χ0v) is 17.0. The summed E-state index contributed by atoms with van der Waals surface area (Å²) in [5, 5.41) is 6.00. The van der Waals surface area contributed by atoms with Crippen LogP contribution in [0.5, 0.6) is 0 Å². The highest BCUT2D eigenvalue weighted by molar-refractivity contribution is 7.89. The highest BCUT2D eigenvalue weighted by Crippen LogP contribution is 2.18. The van der Waals surface area contributed by atoms with Crippen molar-refractivity contribution < 1.29 is 18.0 Å². The first-order valence-corrected chi connectivity index (χ1v) is 10.9. The zero-order valence-electron chi connectivity index (χ0n) is 15.4. The molecular weight excluding hydrogens is 390 g/mol. The average Bonchev–Trinajstić information content (AvgIpc) is 2.62. The van der Waals surface area contributed by atoms with E-state index in [0.29, 0.717) is 5.02 Å². The van der Waals surface area contributed by atoms with Crippen molar-refractivity contribution in [3.63, 3.8) is 0 Å². The van der Waals surface area contributed by atoms with Crippen LogP contribution >= 0.6 is 11.6 Å². The summed E-state index contributed by atoms with van der Waals surface area (Å²) in [4.78, 5) is 24.0. The van der Waals surface area contributed by atoms with Gasteiger partial charge in [-0.25, -0.2) is 8.42 Å². The smallest absolute Gasteiger partial charge is 0.243 e. The van der Waals surface area contributed by atoms with Gasteiger partial charge in [0.1, 0.15) is 0 Å². The fourth-order valence-corrected chi connectivity index (χ4v) is 4.24. The largest absolute Gasteiger partial charge is 0.354 e. The van der Waals surface area contributed by atoms with Gasteiger partial charge in [0.05, 0.1) is 11.4 Å². The molecule has 2 rings (SSSR count). The van der Waals surface area contributed by atoms with E-state index in [1.807, 2.05) is 0 Å². The van der Waals surface area contributed by atoms with E-state index in [-0.39, 0.29) is 36.4 Å². The summed E-state index contributed by atoms with van der Waals surface area (Å²) in [6.07, 6.45) is 5.67. The Bertz CT molecular complexity index is 746. The molecule has 0 saturated heterocycles. The summed E-state index contributed by atoms with van der Waals surface area (Å²) >= 11 is 5.76. The predicted octanol–water partition coefficient (Wildman–Crippen LogP) is 1.92. The number of rotatable bonds is 8. The second-order valence-electron chi connectivity index (χ2n) is 6.72. The monoisotopic (exact) mass is 415 g/mol. The molecule has 0 aromatic heterocycles. The van der Waals surface area contributed by atoms with Gasteiger partial charge in [-0.05, 0) is 37.1 Å². The van der Waals surface area contributed by atoms with E-state index in [2.05, 4.69) is 10.6 Å². The molecule has 1 aliphatic carbocycles. The van der Waals surface area contributed by atoms with Crippen LogP contribution < -0.4 is 10.6 Å². The van der Waals surface area contributed by atoms with Crippen molar-refractivity contribution in [1.29, 1.82) is 0 Å². The van der Waals surface area contributed by atoms with Crippen LogP contribution in [-0.2, 0) is 19.6 Å². The molecule has 0 atom stereocenters. The molecule has 1 aliphatic rings. The Morgan fingerprint density at radius 1 is 1.11 bits per heavy atom. The van der Waals surface area contributed by atoms with Gasteiger partial charge in [-0.3, -0.25) is 9.59 Å². The molecule has 0 radical (unpaired) electrons. The van der Waals surface area contributed by atoms with Gasteiger partial charge in [-0.1, -0.05) is 30.9 Å². The van der Waals surface area contributed by atoms with Crippen LogP contribution in [0.15, 0.2) is 29.2 Å². The minimum absolute atomic E-state index is 0.0639. The normalized spacial score (nSPS) is 15.5. The fraction of sp³-hybridized carbons (Fsp3) is 0.556. The molecule has 150 valence electrons. The Hall–Kier alpha value is -1.64. The lowest BCUT2D eigenvalue weighted by molar-refractivity contribution is -0.122. The highest BCUT2D eigenvalue weighted by atomic mass is 35.5. The van der Waals surface area contributed by atoms with Crippen molar-refractivity contribution in [3.05, 3.63) is 29.3 Å². The average molecular weight is 416 g/mol. The molecule has 1 fully saturated rings. The third-order valence-corrected chi connectivity index (χ3v) is 6.60. The molecular formula is C18H26ClN3O4S. The molecule has 0 unspecified atom stereocenters. The summed E-state index contributed by atoms with van der Waals surface area (Å²) < 4.78 is 25.8. The van der Waals surface area contributed by atoms with Gasteiger partial charge < -0.3 is 10.6 Å². The van der Waals surface area contributed by atoms with E-state index >= 15 is 0 Å². The molecule has 2 N–H and O–H groups in total. The Morgan fingerprint density at radius 2 is 1.74 bits per heavy atom. The van der Waals surface area contributed by atoms with Crippen LogP contribution in [0, 0.1) is 0 Å². The maximum absolute atomic E-state index is 12.4.